The molecular weight excluding hydrogens is 372 g/mol. The normalized spacial score (nSPS) is 15.7. The highest BCUT2D eigenvalue weighted by Crippen LogP contribution is 2.35. The number of rotatable bonds is 8. The molecule has 1 aliphatic heterocycles. The maximum atomic E-state index is 12.8. The molecule has 1 heterocycles. The molecule has 0 unspecified atom stereocenters. The predicted octanol–water partition coefficient (Wildman–Crippen LogP) is 3.64. The first-order chi connectivity index (χ1) is 14.0. The Bertz CT molecular complexity index is 911. The average Bonchev–Trinajstić information content (AvgIpc) is 3.19. The summed E-state index contributed by atoms with van der Waals surface area (Å²) in [6.45, 7) is 0. The zero-order chi connectivity index (χ0) is 20.8. The van der Waals surface area contributed by atoms with E-state index in [-0.39, 0.29) is 31.2 Å². The molecule has 0 spiro atoms. The number of benzene rings is 2. The van der Waals surface area contributed by atoms with E-state index in [2.05, 4.69) is 5.10 Å². The van der Waals surface area contributed by atoms with E-state index in [9.17, 15) is 9.59 Å². The van der Waals surface area contributed by atoms with E-state index in [1.807, 2.05) is 48.5 Å². The Hall–Kier alpha value is -3.35. The molecule has 7 heteroatoms. The van der Waals surface area contributed by atoms with Crippen molar-refractivity contribution in [1.82, 2.24) is 5.01 Å². The third kappa shape index (κ3) is 4.74. The van der Waals surface area contributed by atoms with Crippen molar-refractivity contribution in [2.75, 3.05) is 14.2 Å². The summed E-state index contributed by atoms with van der Waals surface area (Å²) in [5.74, 6) is 0.121. The summed E-state index contributed by atoms with van der Waals surface area (Å²) < 4.78 is 10.7. The summed E-state index contributed by atoms with van der Waals surface area (Å²) in [7, 11) is 3.15. The maximum absolute atomic E-state index is 12.8. The van der Waals surface area contributed by atoms with Gasteiger partial charge in [0.1, 0.15) is 0 Å². The Balaban J connectivity index is 1.88. The molecule has 29 heavy (non-hydrogen) atoms. The monoisotopic (exact) mass is 396 g/mol. The highest BCUT2D eigenvalue weighted by molar-refractivity contribution is 6.03. The minimum absolute atomic E-state index is 0.0398. The van der Waals surface area contributed by atoms with Crippen molar-refractivity contribution in [3.05, 3.63) is 59.7 Å². The lowest BCUT2D eigenvalue weighted by atomic mass is 9.98. The van der Waals surface area contributed by atoms with Gasteiger partial charge in [-0.15, -0.1) is 0 Å². The van der Waals surface area contributed by atoms with Crippen LogP contribution >= 0.6 is 0 Å². The van der Waals surface area contributed by atoms with Crippen molar-refractivity contribution in [1.29, 1.82) is 0 Å². The molecule has 152 valence electrons. The van der Waals surface area contributed by atoms with E-state index >= 15 is 0 Å². The van der Waals surface area contributed by atoms with Gasteiger partial charge in [0.05, 0.1) is 26.0 Å². The quantitative estimate of drug-likeness (QED) is 0.736. The van der Waals surface area contributed by atoms with Crippen molar-refractivity contribution in [3.8, 4) is 11.5 Å². The van der Waals surface area contributed by atoms with Gasteiger partial charge in [0.15, 0.2) is 11.5 Å². The zero-order valence-corrected chi connectivity index (χ0v) is 16.5. The molecule has 1 N–H and O–H groups in total. The number of ether oxygens (including phenoxy) is 2. The number of amides is 1. The van der Waals surface area contributed by atoms with Gasteiger partial charge in [-0.05, 0) is 30.2 Å². The number of hydrogen-bond donors (Lipinski definition) is 1. The summed E-state index contributed by atoms with van der Waals surface area (Å²) in [6, 6.07) is 15.0. The third-order valence-corrected chi connectivity index (χ3v) is 4.85. The number of hydrogen-bond acceptors (Lipinski definition) is 5. The standard InChI is InChI=1S/C22H24N2O5/c1-28-19-12-11-16(13-20(19)29-2)17-14-18(15-7-4-3-5-8-15)24(23-17)21(25)9-6-10-22(26)27/h3-5,7-8,11-13,18H,6,9-10,14H2,1-2H3,(H,26,27)/t18-/m0/s1. The second-order valence-electron chi connectivity index (χ2n) is 6.73. The molecule has 2 aromatic rings. The first-order valence-corrected chi connectivity index (χ1v) is 9.42. The Kier molecular flexibility index (Phi) is 6.49. The van der Waals surface area contributed by atoms with Crippen molar-refractivity contribution in [2.45, 2.75) is 31.7 Å². The number of methoxy groups -OCH3 is 2. The van der Waals surface area contributed by atoms with Gasteiger partial charge in [-0.2, -0.15) is 5.10 Å². The van der Waals surface area contributed by atoms with Crippen LogP contribution in [0.15, 0.2) is 53.6 Å². The van der Waals surface area contributed by atoms with Crippen LogP contribution in [0.25, 0.3) is 0 Å². The smallest absolute Gasteiger partial charge is 0.303 e. The van der Waals surface area contributed by atoms with E-state index in [0.717, 1.165) is 16.8 Å². The Morgan fingerprint density at radius 3 is 2.45 bits per heavy atom. The number of nitrogens with zero attached hydrogens (tertiary/aromatic N) is 2. The summed E-state index contributed by atoms with van der Waals surface area (Å²) in [5, 5.41) is 14.9. The molecule has 0 aliphatic carbocycles. The molecule has 1 aliphatic rings. The van der Waals surface area contributed by atoms with Crippen LogP contribution in [0, 0.1) is 0 Å². The van der Waals surface area contributed by atoms with Crippen molar-refractivity contribution < 1.29 is 24.2 Å². The van der Waals surface area contributed by atoms with Gasteiger partial charge in [-0.1, -0.05) is 30.3 Å². The maximum Gasteiger partial charge on any atom is 0.303 e. The van der Waals surface area contributed by atoms with E-state index in [1.54, 1.807) is 14.2 Å². The third-order valence-electron chi connectivity index (χ3n) is 4.85. The van der Waals surface area contributed by atoms with Crippen LogP contribution in [0.5, 0.6) is 11.5 Å². The van der Waals surface area contributed by atoms with Gasteiger partial charge in [0.2, 0.25) is 5.91 Å². The minimum Gasteiger partial charge on any atom is -0.493 e. The minimum atomic E-state index is -0.909. The number of hydrazone groups is 1. The fourth-order valence-corrected chi connectivity index (χ4v) is 3.37. The van der Waals surface area contributed by atoms with Crippen LogP contribution in [0.1, 0.15) is 42.9 Å². The van der Waals surface area contributed by atoms with Gasteiger partial charge in [0, 0.05) is 24.8 Å². The SMILES string of the molecule is COc1ccc(C2=NN(C(=O)CCCC(=O)O)[C@H](c3ccccc3)C2)cc1OC. The van der Waals surface area contributed by atoms with Crippen LogP contribution in [-0.2, 0) is 9.59 Å². The van der Waals surface area contributed by atoms with Crippen LogP contribution in [0.2, 0.25) is 0 Å². The molecule has 3 rings (SSSR count). The lowest BCUT2D eigenvalue weighted by Gasteiger charge is -2.22. The van der Waals surface area contributed by atoms with Gasteiger partial charge < -0.3 is 14.6 Å². The summed E-state index contributed by atoms with van der Waals surface area (Å²) in [6.07, 6.45) is 0.942. The molecule has 0 saturated carbocycles. The summed E-state index contributed by atoms with van der Waals surface area (Å²) >= 11 is 0. The molecule has 7 nitrogen and oxygen atoms in total. The summed E-state index contributed by atoms with van der Waals surface area (Å²) in [5.41, 5.74) is 2.61. The van der Waals surface area contributed by atoms with E-state index in [4.69, 9.17) is 14.6 Å². The Labute approximate surface area is 169 Å². The highest BCUT2D eigenvalue weighted by atomic mass is 16.5. The predicted molar refractivity (Wildman–Crippen MR) is 108 cm³/mol. The second-order valence-corrected chi connectivity index (χ2v) is 6.73. The topological polar surface area (TPSA) is 88.4 Å². The van der Waals surface area contributed by atoms with Gasteiger partial charge >= 0.3 is 5.97 Å². The molecule has 0 bridgehead atoms. The number of carboxylic acid groups (broad SMARTS) is 1. The first kappa shape index (κ1) is 20.4. The second kappa shape index (κ2) is 9.23. The highest BCUT2D eigenvalue weighted by Gasteiger charge is 2.33. The molecule has 2 aromatic carbocycles. The van der Waals surface area contributed by atoms with Gasteiger partial charge in [-0.25, -0.2) is 5.01 Å². The molecule has 0 saturated heterocycles. The molecular formula is C22H24N2O5. The average molecular weight is 396 g/mol. The molecule has 0 radical (unpaired) electrons. The fourth-order valence-electron chi connectivity index (χ4n) is 3.37. The lowest BCUT2D eigenvalue weighted by Crippen LogP contribution is -2.26. The molecule has 0 aromatic heterocycles. The van der Waals surface area contributed by atoms with Crippen LogP contribution in [-0.4, -0.2) is 41.9 Å². The largest absolute Gasteiger partial charge is 0.493 e. The number of carboxylic acids is 1. The van der Waals surface area contributed by atoms with Crippen LogP contribution in [0.4, 0.5) is 0 Å². The molecule has 1 atom stereocenters. The lowest BCUT2D eigenvalue weighted by molar-refractivity contribution is -0.137. The van der Waals surface area contributed by atoms with E-state index in [1.165, 1.54) is 5.01 Å². The fraction of sp³-hybridized carbons (Fsp3) is 0.318. The number of carbonyl (C=O) groups is 2. The Morgan fingerprint density at radius 2 is 1.79 bits per heavy atom. The number of carbonyl (C=O) groups excluding carboxylic acids is 1. The Morgan fingerprint density at radius 1 is 1.07 bits per heavy atom. The van der Waals surface area contributed by atoms with Gasteiger partial charge in [0.25, 0.3) is 0 Å². The first-order valence-electron chi connectivity index (χ1n) is 9.42. The molecule has 0 fully saturated rings. The summed E-state index contributed by atoms with van der Waals surface area (Å²) in [4.78, 5) is 23.6. The van der Waals surface area contributed by atoms with E-state index in [0.29, 0.717) is 17.9 Å². The van der Waals surface area contributed by atoms with Crippen LogP contribution in [0.3, 0.4) is 0 Å². The zero-order valence-electron chi connectivity index (χ0n) is 16.5. The van der Waals surface area contributed by atoms with Gasteiger partial charge in [-0.3, -0.25) is 9.59 Å². The van der Waals surface area contributed by atoms with Crippen molar-refractivity contribution >= 4 is 17.6 Å². The molecule has 1 amide bonds. The van der Waals surface area contributed by atoms with E-state index < -0.39 is 5.97 Å². The van der Waals surface area contributed by atoms with Crippen molar-refractivity contribution in [2.24, 2.45) is 5.10 Å². The number of aliphatic carboxylic acids is 1. The van der Waals surface area contributed by atoms with Crippen LogP contribution < -0.4 is 9.47 Å². The van der Waals surface area contributed by atoms with Crippen molar-refractivity contribution in [3.63, 3.8) is 0 Å².